The third-order valence-electron chi connectivity index (χ3n) is 2.21. The molecule has 1 rings (SSSR count). The maximum atomic E-state index is 11.6. The van der Waals surface area contributed by atoms with Crippen LogP contribution in [0.3, 0.4) is 0 Å². The van der Waals surface area contributed by atoms with E-state index in [2.05, 4.69) is 10.0 Å². The largest absolute Gasteiger partial charge is 0.325 e. The van der Waals surface area contributed by atoms with Crippen LogP contribution in [0.2, 0.25) is 0 Å². The molecule has 0 aliphatic rings. The van der Waals surface area contributed by atoms with Crippen molar-refractivity contribution in [1.29, 1.82) is 0 Å². The summed E-state index contributed by atoms with van der Waals surface area (Å²) >= 11 is 0. The van der Waals surface area contributed by atoms with Crippen molar-refractivity contribution in [2.45, 2.75) is 19.4 Å². The average molecular weight is 271 g/mol. The van der Waals surface area contributed by atoms with Crippen LogP contribution in [0.25, 0.3) is 0 Å². The maximum Gasteiger partial charge on any atom is 0.241 e. The molecule has 6 nitrogen and oxygen atoms in total. The molecule has 1 aromatic carbocycles. The fourth-order valence-electron chi connectivity index (χ4n) is 1.29. The number of sulfonamides is 1. The van der Waals surface area contributed by atoms with Crippen molar-refractivity contribution in [2.75, 3.05) is 16.3 Å². The maximum absolute atomic E-state index is 11.6. The van der Waals surface area contributed by atoms with Crippen LogP contribution in [0, 0.1) is 0 Å². The summed E-state index contributed by atoms with van der Waals surface area (Å²) in [6.07, 6.45) is 1.60. The van der Waals surface area contributed by atoms with Gasteiger partial charge in [0.1, 0.15) is 0 Å². The highest BCUT2D eigenvalue weighted by Crippen LogP contribution is 2.16. The third-order valence-corrected chi connectivity index (χ3v) is 2.82. The number of amides is 1. The van der Waals surface area contributed by atoms with E-state index in [1.807, 2.05) is 6.92 Å². The summed E-state index contributed by atoms with van der Waals surface area (Å²) in [4.78, 5) is 11.6. The van der Waals surface area contributed by atoms with Gasteiger partial charge in [-0.2, -0.15) is 0 Å². The van der Waals surface area contributed by atoms with Crippen molar-refractivity contribution >= 4 is 27.3 Å². The zero-order valence-corrected chi connectivity index (χ0v) is 11.1. The second kappa shape index (κ2) is 5.83. The van der Waals surface area contributed by atoms with Crippen LogP contribution in [-0.2, 0) is 14.8 Å². The molecular weight excluding hydrogens is 254 g/mol. The van der Waals surface area contributed by atoms with Gasteiger partial charge in [0, 0.05) is 5.69 Å². The molecule has 0 aliphatic heterocycles. The van der Waals surface area contributed by atoms with Crippen molar-refractivity contribution in [3.05, 3.63) is 24.3 Å². The van der Waals surface area contributed by atoms with E-state index >= 15 is 0 Å². The molecule has 0 saturated carbocycles. The Labute approximate surface area is 107 Å². The Morgan fingerprint density at radius 1 is 1.39 bits per heavy atom. The first-order valence-corrected chi connectivity index (χ1v) is 7.35. The number of benzene rings is 1. The molecule has 4 N–H and O–H groups in total. The molecule has 1 unspecified atom stereocenters. The van der Waals surface area contributed by atoms with E-state index in [9.17, 15) is 13.2 Å². The summed E-state index contributed by atoms with van der Waals surface area (Å²) in [5.74, 6) is -0.297. The van der Waals surface area contributed by atoms with E-state index in [4.69, 9.17) is 5.73 Å². The number of hydrogen-bond acceptors (Lipinski definition) is 4. The molecule has 7 heteroatoms. The summed E-state index contributed by atoms with van der Waals surface area (Å²) in [5.41, 5.74) is 6.47. The topological polar surface area (TPSA) is 101 Å². The standard InChI is InChI=1S/C11H17N3O3S/c1-3-10(12)11(15)13-8-5-4-6-9(7-8)14-18(2,16)17/h4-7,10,14H,3,12H2,1-2H3,(H,13,15). The van der Waals surface area contributed by atoms with E-state index in [1.165, 1.54) is 6.07 Å². The number of nitrogens with one attached hydrogen (secondary N) is 2. The zero-order chi connectivity index (χ0) is 13.8. The fraction of sp³-hybridized carbons (Fsp3) is 0.364. The SMILES string of the molecule is CCC(N)C(=O)Nc1cccc(NS(C)(=O)=O)c1. The Kier molecular flexibility index (Phi) is 4.69. The molecule has 1 atom stereocenters. The molecule has 0 aromatic heterocycles. The molecule has 0 heterocycles. The predicted molar refractivity (Wildman–Crippen MR) is 71.8 cm³/mol. The smallest absolute Gasteiger partial charge is 0.241 e. The third kappa shape index (κ3) is 4.72. The van der Waals surface area contributed by atoms with Crippen LogP contribution < -0.4 is 15.8 Å². The number of anilines is 2. The molecule has 0 saturated heterocycles. The highest BCUT2D eigenvalue weighted by atomic mass is 32.2. The minimum Gasteiger partial charge on any atom is -0.325 e. The van der Waals surface area contributed by atoms with Gasteiger partial charge in [0.05, 0.1) is 18.0 Å². The Morgan fingerprint density at radius 2 is 2.00 bits per heavy atom. The Balaban J connectivity index is 2.80. The normalized spacial score (nSPS) is 12.8. The lowest BCUT2D eigenvalue weighted by molar-refractivity contribution is -0.117. The first-order chi connectivity index (χ1) is 8.31. The quantitative estimate of drug-likeness (QED) is 0.735. The lowest BCUT2D eigenvalue weighted by Gasteiger charge is -2.11. The van der Waals surface area contributed by atoms with Gasteiger partial charge < -0.3 is 11.1 Å². The van der Waals surface area contributed by atoms with Gasteiger partial charge in [-0.25, -0.2) is 8.42 Å². The van der Waals surface area contributed by atoms with Crippen LogP contribution in [0.4, 0.5) is 11.4 Å². The summed E-state index contributed by atoms with van der Waals surface area (Å²) in [5, 5.41) is 2.62. The first kappa shape index (κ1) is 14.5. The van der Waals surface area contributed by atoms with Gasteiger partial charge in [-0.05, 0) is 24.6 Å². The molecule has 0 fully saturated rings. The molecular formula is C11H17N3O3S. The van der Waals surface area contributed by atoms with Crippen LogP contribution >= 0.6 is 0 Å². The zero-order valence-electron chi connectivity index (χ0n) is 10.3. The highest BCUT2D eigenvalue weighted by molar-refractivity contribution is 7.92. The second-order valence-corrected chi connectivity index (χ2v) is 5.71. The van der Waals surface area contributed by atoms with Gasteiger partial charge in [-0.1, -0.05) is 13.0 Å². The van der Waals surface area contributed by atoms with Crippen LogP contribution in [0.5, 0.6) is 0 Å². The van der Waals surface area contributed by atoms with Gasteiger partial charge in [-0.15, -0.1) is 0 Å². The van der Waals surface area contributed by atoms with Gasteiger partial charge in [0.25, 0.3) is 0 Å². The summed E-state index contributed by atoms with van der Waals surface area (Å²) in [6, 6.07) is 5.85. The minimum absolute atomic E-state index is 0.297. The van der Waals surface area contributed by atoms with E-state index in [0.29, 0.717) is 17.8 Å². The molecule has 1 amide bonds. The van der Waals surface area contributed by atoms with Crippen molar-refractivity contribution in [3.63, 3.8) is 0 Å². The molecule has 0 radical (unpaired) electrons. The molecule has 0 aliphatic carbocycles. The summed E-state index contributed by atoms with van der Waals surface area (Å²) in [7, 11) is -3.33. The number of hydrogen-bond donors (Lipinski definition) is 3. The number of nitrogens with two attached hydrogens (primary N) is 1. The highest BCUT2D eigenvalue weighted by Gasteiger charge is 2.11. The average Bonchev–Trinajstić information content (AvgIpc) is 2.26. The molecule has 100 valence electrons. The summed E-state index contributed by atoms with van der Waals surface area (Å²) in [6.45, 7) is 1.81. The van der Waals surface area contributed by atoms with Gasteiger partial charge in [0.2, 0.25) is 15.9 Å². The van der Waals surface area contributed by atoms with Crippen molar-refractivity contribution in [2.24, 2.45) is 5.73 Å². The van der Waals surface area contributed by atoms with Crippen LogP contribution in [0.1, 0.15) is 13.3 Å². The van der Waals surface area contributed by atoms with Gasteiger partial charge in [0.15, 0.2) is 0 Å². The van der Waals surface area contributed by atoms with Gasteiger partial charge >= 0.3 is 0 Å². The van der Waals surface area contributed by atoms with Gasteiger partial charge in [-0.3, -0.25) is 9.52 Å². The Bertz CT molecular complexity index is 528. The lowest BCUT2D eigenvalue weighted by Crippen LogP contribution is -2.34. The van der Waals surface area contributed by atoms with E-state index in [1.54, 1.807) is 18.2 Å². The predicted octanol–water partition coefficient (Wildman–Crippen LogP) is 0.734. The fourth-order valence-corrected chi connectivity index (χ4v) is 1.85. The first-order valence-electron chi connectivity index (χ1n) is 5.46. The molecule has 0 bridgehead atoms. The molecule has 1 aromatic rings. The Hall–Kier alpha value is -1.60. The Morgan fingerprint density at radius 3 is 2.56 bits per heavy atom. The summed E-state index contributed by atoms with van der Waals surface area (Å²) < 4.78 is 24.5. The number of rotatable bonds is 5. The van der Waals surface area contributed by atoms with Crippen LogP contribution in [0.15, 0.2) is 24.3 Å². The van der Waals surface area contributed by atoms with E-state index < -0.39 is 16.1 Å². The minimum atomic E-state index is -3.33. The van der Waals surface area contributed by atoms with Crippen molar-refractivity contribution in [3.8, 4) is 0 Å². The monoisotopic (exact) mass is 271 g/mol. The van der Waals surface area contributed by atoms with Crippen molar-refractivity contribution < 1.29 is 13.2 Å². The number of carbonyl (C=O) groups is 1. The molecule has 18 heavy (non-hydrogen) atoms. The second-order valence-electron chi connectivity index (χ2n) is 3.96. The number of carbonyl (C=O) groups excluding carboxylic acids is 1. The van der Waals surface area contributed by atoms with E-state index in [0.717, 1.165) is 6.26 Å². The van der Waals surface area contributed by atoms with Crippen molar-refractivity contribution in [1.82, 2.24) is 0 Å². The molecule has 0 spiro atoms. The van der Waals surface area contributed by atoms with E-state index in [-0.39, 0.29) is 5.91 Å². The lowest BCUT2D eigenvalue weighted by atomic mass is 10.2. The van der Waals surface area contributed by atoms with Crippen LogP contribution in [-0.4, -0.2) is 26.6 Å².